The lowest BCUT2D eigenvalue weighted by atomic mass is 10.3. The van der Waals surface area contributed by atoms with Crippen LogP contribution in [0.3, 0.4) is 0 Å². The van der Waals surface area contributed by atoms with E-state index in [4.69, 9.17) is 23.8 Å². The number of nitrogens with one attached hydrogen (secondary N) is 1. The summed E-state index contributed by atoms with van der Waals surface area (Å²) in [4.78, 5) is 3.21. The number of rotatable bonds is 2. The van der Waals surface area contributed by atoms with Gasteiger partial charge in [0.2, 0.25) is 0 Å². The van der Waals surface area contributed by atoms with Gasteiger partial charge in [-0.3, -0.25) is 4.57 Å². The SMILES string of the molecule is CCn1nc(C)c2[nH]c(=S)n(-c3ccc(Br)cc3Cl)c21. The Labute approximate surface area is 134 Å². The van der Waals surface area contributed by atoms with Crippen LogP contribution in [-0.4, -0.2) is 19.3 Å². The molecule has 0 spiro atoms. The molecule has 0 unspecified atom stereocenters. The second kappa shape index (κ2) is 5.02. The van der Waals surface area contributed by atoms with Crippen LogP contribution >= 0.6 is 39.7 Å². The van der Waals surface area contributed by atoms with Gasteiger partial charge in [-0.2, -0.15) is 5.10 Å². The molecule has 0 amide bonds. The van der Waals surface area contributed by atoms with E-state index in [-0.39, 0.29) is 0 Å². The number of imidazole rings is 1. The third-order valence-corrected chi connectivity index (χ3v) is 4.28. The molecule has 2 heterocycles. The summed E-state index contributed by atoms with van der Waals surface area (Å²) in [6.45, 7) is 4.79. The zero-order valence-corrected chi connectivity index (χ0v) is 14.1. The third kappa shape index (κ3) is 2.03. The summed E-state index contributed by atoms with van der Waals surface area (Å²) in [7, 11) is 0. The topological polar surface area (TPSA) is 38.5 Å². The van der Waals surface area contributed by atoms with Crippen molar-refractivity contribution in [3.8, 4) is 5.69 Å². The van der Waals surface area contributed by atoms with Crippen LogP contribution < -0.4 is 0 Å². The Morgan fingerprint density at radius 2 is 2.20 bits per heavy atom. The van der Waals surface area contributed by atoms with Gasteiger partial charge in [0.15, 0.2) is 10.4 Å². The average molecular weight is 372 g/mol. The first-order valence-corrected chi connectivity index (χ1v) is 7.74. The molecule has 0 aliphatic heterocycles. The molecule has 0 saturated heterocycles. The Hall–Kier alpha value is -1.11. The Balaban J connectivity index is 2.41. The molecule has 2 aromatic heterocycles. The lowest BCUT2D eigenvalue weighted by Gasteiger charge is -2.08. The number of hydrogen-bond acceptors (Lipinski definition) is 2. The maximum atomic E-state index is 6.35. The van der Waals surface area contributed by atoms with Gasteiger partial charge in [-0.05, 0) is 44.3 Å². The summed E-state index contributed by atoms with van der Waals surface area (Å²) in [6, 6.07) is 5.75. The van der Waals surface area contributed by atoms with E-state index < -0.39 is 0 Å². The van der Waals surface area contributed by atoms with E-state index in [1.165, 1.54) is 0 Å². The molecule has 3 aromatic rings. The number of nitrogens with zero attached hydrogens (tertiary/aromatic N) is 3. The molecule has 0 radical (unpaired) electrons. The summed E-state index contributed by atoms with van der Waals surface area (Å²) in [6.07, 6.45) is 0. The molecule has 4 nitrogen and oxygen atoms in total. The molecule has 7 heteroatoms. The average Bonchev–Trinajstić information content (AvgIpc) is 2.88. The van der Waals surface area contributed by atoms with Gasteiger partial charge in [-0.25, -0.2) is 4.68 Å². The maximum absolute atomic E-state index is 6.35. The van der Waals surface area contributed by atoms with Crippen molar-refractivity contribution in [2.24, 2.45) is 0 Å². The van der Waals surface area contributed by atoms with E-state index in [0.717, 1.165) is 33.6 Å². The van der Waals surface area contributed by atoms with Gasteiger partial charge in [-0.1, -0.05) is 27.5 Å². The van der Waals surface area contributed by atoms with E-state index in [1.807, 2.05) is 34.4 Å². The summed E-state index contributed by atoms with van der Waals surface area (Å²) in [5.74, 6) is 0. The van der Waals surface area contributed by atoms with Crippen molar-refractivity contribution in [2.45, 2.75) is 20.4 Å². The first-order chi connectivity index (χ1) is 9.52. The largest absolute Gasteiger partial charge is 0.327 e. The van der Waals surface area contributed by atoms with Crippen molar-refractivity contribution < 1.29 is 0 Å². The molecule has 104 valence electrons. The van der Waals surface area contributed by atoms with Gasteiger partial charge in [0, 0.05) is 11.0 Å². The van der Waals surface area contributed by atoms with E-state index in [9.17, 15) is 0 Å². The summed E-state index contributed by atoms with van der Waals surface area (Å²) >= 11 is 15.2. The number of H-pyrrole nitrogens is 1. The quantitative estimate of drug-likeness (QED) is 0.667. The molecular formula is C13H12BrClN4S. The van der Waals surface area contributed by atoms with Gasteiger partial charge in [-0.15, -0.1) is 0 Å². The molecule has 1 aromatic carbocycles. The fourth-order valence-corrected chi connectivity index (χ4v) is 3.35. The van der Waals surface area contributed by atoms with Crippen LogP contribution in [0.5, 0.6) is 0 Å². The molecule has 1 N–H and O–H groups in total. The minimum atomic E-state index is 0.618. The fourth-order valence-electron chi connectivity index (χ4n) is 2.31. The molecule has 3 rings (SSSR count). The van der Waals surface area contributed by atoms with Gasteiger partial charge in [0.1, 0.15) is 5.52 Å². The van der Waals surface area contributed by atoms with Crippen molar-refractivity contribution >= 4 is 50.9 Å². The van der Waals surface area contributed by atoms with Gasteiger partial charge >= 0.3 is 0 Å². The minimum absolute atomic E-state index is 0.618. The minimum Gasteiger partial charge on any atom is -0.327 e. The zero-order chi connectivity index (χ0) is 14.4. The normalized spacial score (nSPS) is 11.4. The second-order valence-electron chi connectivity index (χ2n) is 4.46. The first kappa shape index (κ1) is 13.9. The second-order valence-corrected chi connectivity index (χ2v) is 6.17. The van der Waals surface area contributed by atoms with Gasteiger partial charge in [0.05, 0.1) is 16.4 Å². The van der Waals surface area contributed by atoms with E-state index in [0.29, 0.717) is 9.79 Å². The molecule has 0 atom stereocenters. The molecule has 0 aliphatic carbocycles. The Morgan fingerprint density at radius 1 is 1.45 bits per heavy atom. The Morgan fingerprint density at radius 3 is 2.85 bits per heavy atom. The first-order valence-electron chi connectivity index (χ1n) is 6.16. The molecule has 0 fully saturated rings. The zero-order valence-electron chi connectivity index (χ0n) is 10.9. The standard InChI is InChI=1S/C13H12BrClN4S/c1-3-18-12-11(7(2)17-18)16-13(20)19(12)10-5-4-8(14)6-9(10)15/h4-6H,3H2,1-2H3,(H,16,20). The Kier molecular flexibility index (Phi) is 3.48. The Bertz CT molecular complexity index is 861. The molecule has 0 bridgehead atoms. The van der Waals surface area contributed by atoms with E-state index in [2.05, 4.69) is 32.9 Å². The number of aryl methyl sites for hydroxylation is 2. The smallest absolute Gasteiger partial charge is 0.184 e. The van der Waals surface area contributed by atoms with Crippen molar-refractivity contribution in [3.63, 3.8) is 0 Å². The van der Waals surface area contributed by atoms with Crippen LogP contribution in [0.2, 0.25) is 5.02 Å². The van der Waals surface area contributed by atoms with Crippen molar-refractivity contribution in [3.05, 3.63) is 38.2 Å². The van der Waals surface area contributed by atoms with Gasteiger partial charge in [0.25, 0.3) is 0 Å². The van der Waals surface area contributed by atoms with Crippen molar-refractivity contribution in [1.82, 2.24) is 19.3 Å². The van der Waals surface area contributed by atoms with Gasteiger partial charge < -0.3 is 4.98 Å². The van der Waals surface area contributed by atoms with Crippen LogP contribution in [0.4, 0.5) is 0 Å². The summed E-state index contributed by atoms with van der Waals surface area (Å²) < 4.78 is 5.41. The highest BCUT2D eigenvalue weighted by Gasteiger charge is 2.16. The number of hydrogen-bond donors (Lipinski definition) is 1. The van der Waals surface area contributed by atoms with E-state index >= 15 is 0 Å². The summed E-state index contributed by atoms with van der Waals surface area (Å²) in [5, 5.41) is 5.15. The number of aromatic nitrogens is 4. The number of aromatic amines is 1. The monoisotopic (exact) mass is 370 g/mol. The van der Waals surface area contributed by atoms with Crippen molar-refractivity contribution in [1.29, 1.82) is 0 Å². The lowest BCUT2D eigenvalue weighted by Crippen LogP contribution is -2.04. The van der Waals surface area contributed by atoms with E-state index in [1.54, 1.807) is 0 Å². The molecular weight excluding hydrogens is 360 g/mol. The van der Waals surface area contributed by atoms with Crippen LogP contribution in [0.25, 0.3) is 16.9 Å². The maximum Gasteiger partial charge on any atom is 0.184 e. The molecule has 0 aliphatic rings. The number of fused-ring (bicyclic) bond motifs is 1. The van der Waals surface area contributed by atoms with Crippen LogP contribution in [0.15, 0.2) is 22.7 Å². The summed E-state index contributed by atoms with van der Waals surface area (Å²) in [5.41, 5.74) is 3.68. The van der Waals surface area contributed by atoms with Crippen LogP contribution in [-0.2, 0) is 6.54 Å². The predicted molar refractivity (Wildman–Crippen MR) is 87.4 cm³/mol. The fraction of sp³-hybridized carbons (Fsp3) is 0.231. The molecule has 0 saturated carbocycles. The molecule has 20 heavy (non-hydrogen) atoms. The number of benzene rings is 1. The lowest BCUT2D eigenvalue weighted by molar-refractivity contribution is 0.662. The van der Waals surface area contributed by atoms with Crippen molar-refractivity contribution in [2.75, 3.05) is 0 Å². The third-order valence-electron chi connectivity index (χ3n) is 3.20. The predicted octanol–water partition coefficient (Wildman–Crippen LogP) is 4.63. The van der Waals surface area contributed by atoms with Crippen LogP contribution in [0, 0.1) is 11.7 Å². The number of halogens is 2. The van der Waals surface area contributed by atoms with Crippen LogP contribution in [0.1, 0.15) is 12.6 Å². The highest BCUT2D eigenvalue weighted by molar-refractivity contribution is 9.10. The highest BCUT2D eigenvalue weighted by Crippen LogP contribution is 2.29. The highest BCUT2D eigenvalue weighted by atomic mass is 79.9.